The van der Waals surface area contributed by atoms with E-state index in [1.165, 1.54) is 0 Å². The Bertz CT molecular complexity index is 823. The van der Waals surface area contributed by atoms with Crippen LogP contribution < -0.4 is 10.6 Å². The molecule has 6 heteroatoms. The topological polar surface area (TPSA) is 78.5 Å². The number of nitrogens with one attached hydrogen (secondary N) is 2. The monoisotopic (exact) mass is 399 g/mol. The summed E-state index contributed by atoms with van der Waals surface area (Å²) in [4.78, 5) is 39.1. The zero-order valence-electron chi connectivity index (χ0n) is 18.2. The third-order valence-corrected chi connectivity index (χ3v) is 7.19. The molecule has 1 spiro atoms. The summed E-state index contributed by atoms with van der Waals surface area (Å²) in [5, 5.41) is 5.69. The van der Waals surface area contributed by atoms with Gasteiger partial charge in [0.15, 0.2) is 0 Å². The van der Waals surface area contributed by atoms with Crippen molar-refractivity contribution in [1.82, 2.24) is 10.2 Å². The maximum absolute atomic E-state index is 13.1. The molecule has 0 atom stereocenters. The smallest absolute Gasteiger partial charge is 0.325 e. The largest absolute Gasteiger partial charge is 0.325 e. The molecule has 0 radical (unpaired) electrons. The number of benzene rings is 1. The quantitative estimate of drug-likeness (QED) is 0.730. The summed E-state index contributed by atoms with van der Waals surface area (Å²) in [7, 11) is 0. The van der Waals surface area contributed by atoms with Gasteiger partial charge >= 0.3 is 6.03 Å². The average Bonchev–Trinajstić information content (AvgIpc) is 2.89. The van der Waals surface area contributed by atoms with Crippen LogP contribution in [0.2, 0.25) is 0 Å². The maximum atomic E-state index is 13.1. The summed E-state index contributed by atoms with van der Waals surface area (Å²) in [5.74, 6) is -0.0787. The Morgan fingerprint density at radius 1 is 1.21 bits per heavy atom. The summed E-state index contributed by atoms with van der Waals surface area (Å²) in [6.07, 6.45) is 4.20. The second-order valence-corrected chi connectivity index (χ2v) is 9.37. The number of aryl methyl sites for hydroxylation is 2. The Hall–Kier alpha value is -2.37. The molecule has 4 amide bonds. The second kappa shape index (κ2) is 7.81. The van der Waals surface area contributed by atoms with E-state index in [4.69, 9.17) is 0 Å². The van der Waals surface area contributed by atoms with E-state index in [1.54, 1.807) is 0 Å². The fourth-order valence-corrected chi connectivity index (χ4v) is 4.50. The molecule has 6 nitrogen and oxygen atoms in total. The number of imide groups is 1. The molecule has 2 fully saturated rings. The first-order valence-corrected chi connectivity index (χ1v) is 10.6. The second-order valence-electron chi connectivity index (χ2n) is 9.37. The number of nitrogens with zero attached hydrogens (tertiary/aromatic N) is 1. The van der Waals surface area contributed by atoms with Crippen molar-refractivity contribution >= 4 is 23.5 Å². The van der Waals surface area contributed by atoms with Gasteiger partial charge < -0.3 is 10.6 Å². The third kappa shape index (κ3) is 4.16. The highest BCUT2D eigenvalue weighted by atomic mass is 16.2. The van der Waals surface area contributed by atoms with Crippen LogP contribution in [0.4, 0.5) is 10.5 Å². The Labute approximate surface area is 173 Å². The molecule has 1 aromatic rings. The van der Waals surface area contributed by atoms with E-state index in [0.717, 1.165) is 35.3 Å². The molecule has 1 saturated carbocycles. The lowest BCUT2D eigenvalue weighted by molar-refractivity contribution is -0.135. The van der Waals surface area contributed by atoms with E-state index in [0.29, 0.717) is 24.4 Å². The Morgan fingerprint density at radius 2 is 1.86 bits per heavy atom. The number of anilines is 1. The highest BCUT2D eigenvalue weighted by molar-refractivity contribution is 6.10. The number of carbonyl (C=O) groups is 3. The molecule has 1 saturated heterocycles. The van der Waals surface area contributed by atoms with Gasteiger partial charge in [0, 0.05) is 5.69 Å². The molecule has 3 rings (SSSR count). The molecule has 158 valence electrons. The van der Waals surface area contributed by atoms with Crippen LogP contribution in [0.3, 0.4) is 0 Å². The Morgan fingerprint density at radius 3 is 2.45 bits per heavy atom. The molecular weight excluding hydrogens is 366 g/mol. The minimum Gasteiger partial charge on any atom is -0.325 e. The van der Waals surface area contributed by atoms with Crippen LogP contribution in [-0.2, 0) is 9.59 Å². The number of hydrogen-bond donors (Lipinski definition) is 2. The maximum Gasteiger partial charge on any atom is 0.325 e. The predicted molar refractivity (Wildman–Crippen MR) is 114 cm³/mol. The zero-order chi connectivity index (χ0) is 21.4. The van der Waals surface area contributed by atoms with Gasteiger partial charge in [-0.2, -0.15) is 0 Å². The van der Waals surface area contributed by atoms with E-state index in [1.807, 2.05) is 32.0 Å². The summed E-state index contributed by atoms with van der Waals surface area (Å²) in [6.45, 7) is 10.5. The number of rotatable bonds is 5. The van der Waals surface area contributed by atoms with Crippen molar-refractivity contribution in [3.63, 3.8) is 0 Å². The molecule has 1 heterocycles. The normalized spacial score (nSPS) is 24.7. The molecule has 29 heavy (non-hydrogen) atoms. The highest BCUT2D eigenvalue weighted by Gasteiger charge is 2.53. The number of carbonyl (C=O) groups excluding carboxylic acids is 3. The lowest BCUT2D eigenvalue weighted by Gasteiger charge is -2.42. The molecule has 0 unspecified atom stereocenters. The number of hydrogen-bond acceptors (Lipinski definition) is 3. The standard InChI is InChI=1S/C23H33N3O3/c1-6-22(4,5)17-9-11-23(12-10-17)20(28)26(21(29)25-23)14-19(27)24-18-8-7-15(2)16(3)13-18/h7-8,13,17H,6,9-12,14H2,1-5H3,(H,24,27)(H,25,29). The van der Waals surface area contributed by atoms with Gasteiger partial charge in [-0.3, -0.25) is 14.5 Å². The molecular formula is C23H33N3O3. The SMILES string of the molecule is CCC(C)(C)C1CCC2(CC1)NC(=O)N(CC(=O)Nc1ccc(C)c(C)c1)C2=O. The third-order valence-electron chi connectivity index (χ3n) is 7.19. The van der Waals surface area contributed by atoms with Crippen molar-refractivity contribution < 1.29 is 14.4 Å². The van der Waals surface area contributed by atoms with Crippen LogP contribution in [0.1, 0.15) is 64.0 Å². The molecule has 1 aliphatic carbocycles. The van der Waals surface area contributed by atoms with E-state index < -0.39 is 11.6 Å². The van der Waals surface area contributed by atoms with Gasteiger partial charge in [-0.25, -0.2) is 4.79 Å². The van der Waals surface area contributed by atoms with Crippen LogP contribution in [-0.4, -0.2) is 34.8 Å². The van der Waals surface area contributed by atoms with Crippen molar-refractivity contribution in [3.8, 4) is 0 Å². The highest BCUT2D eigenvalue weighted by Crippen LogP contribution is 2.45. The number of amides is 4. The van der Waals surface area contributed by atoms with Gasteiger partial charge in [-0.05, 0) is 74.1 Å². The van der Waals surface area contributed by atoms with E-state index >= 15 is 0 Å². The zero-order valence-corrected chi connectivity index (χ0v) is 18.2. The van der Waals surface area contributed by atoms with Gasteiger partial charge in [0.05, 0.1) is 0 Å². The summed E-state index contributed by atoms with van der Waals surface area (Å²) < 4.78 is 0. The van der Waals surface area contributed by atoms with Crippen molar-refractivity contribution in [2.24, 2.45) is 11.3 Å². The molecule has 0 bridgehead atoms. The fourth-order valence-electron chi connectivity index (χ4n) is 4.50. The van der Waals surface area contributed by atoms with Crippen molar-refractivity contribution in [1.29, 1.82) is 0 Å². The van der Waals surface area contributed by atoms with Gasteiger partial charge in [0.25, 0.3) is 5.91 Å². The molecule has 2 N–H and O–H groups in total. The van der Waals surface area contributed by atoms with Gasteiger partial charge in [-0.15, -0.1) is 0 Å². The molecule has 0 aromatic heterocycles. The lowest BCUT2D eigenvalue weighted by Crippen LogP contribution is -2.51. The van der Waals surface area contributed by atoms with Crippen LogP contribution in [0.5, 0.6) is 0 Å². The Balaban J connectivity index is 1.63. The molecule has 1 aliphatic heterocycles. The first kappa shape index (κ1) is 21.3. The minimum absolute atomic E-state index is 0.235. The fraction of sp³-hybridized carbons (Fsp3) is 0.609. The van der Waals surface area contributed by atoms with Gasteiger partial charge in [-0.1, -0.05) is 33.3 Å². The van der Waals surface area contributed by atoms with E-state index in [-0.39, 0.29) is 23.8 Å². The Kier molecular flexibility index (Phi) is 5.74. The predicted octanol–water partition coefficient (Wildman–Crippen LogP) is 4.16. The van der Waals surface area contributed by atoms with E-state index in [2.05, 4.69) is 31.4 Å². The van der Waals surface area contributed by atoms with Crippen LogP contribution in [0.25, 0.3) is 0 Å². The van der Waals surface area contributed by atoms with E-state index in [9.17, 15) is 14.4 Å². The van der Waals surface area contributed by atoms with Crippen molar-refractivity contribution in [2.75, 3.05) is 11.9 Å². The minimum atomic E-state index is -0.835. The summed E-state index contributed by atoms with van der Waals surface area (Å²) >= 11 is 0. The van der Waals surface area contributed by atoms with Crippen molar-refractivity contribution in [3.05, 3.63) is 29.3 Å². The number of urea groups is 1. The van der Waals surface area contributed by atoms with Gasteiger partial charge in [0.1, 0.15) is 12.1 Å². The first-order chi connectivity index (χ1) is 13.6. The first-order valence-electron chi connectivity index (χ1n) is 10.6. The summed E-state index contributed by atoms with van der Waals surface area (Å²) in [6, 6.07) is 5.18. The van der Waals surface area contributed by atoms with Crippen LogP contribution >= 0.6 is 0 Å². The molecule has 1 aromatic carbocycles. The molecule has 2 aliphatic rings. The summed E-state index contributed by atoms with van der Waals surface area (Å²) in [5.41, 5.74) is 2.28. The van der Waals surface area contributed by atoms with Crippen LogP contribution in [0, 0.1) is 25.2 Å². The van der Waals surface area contributed by atoms with Crippen molar-refractivity contribution in [2.45, 2.75) is 72.3 Å². The van der Waals surface area contributed by atoms with Crippen LogP contribution in [0.15, 0.2) is 18.2 Å². The lowest BCUT2D eigenvalue weighted by atomic mass is 9.65. The average molecular weight is 400 g/mol. The van der Waals surface area contributed by atoms with Gasteiger partial charge in [0.2, 0.25) is 5.91 Å².